The van der Waals surface area contributed by atoms with Gasteiger partial charge in [0, 0.05) is 23.5 Å². The van der Waals surface area contributed by atoms with E-state index in [2.05, 4.69) is 39.1 Å². The third kappa shape index (κ3) is 3.08. The van der Waals surface area contributed by atoms with Crippen LogP contribution in [0.2, 0.25) is 0 Å². The molecule has 1 atom stereocenters. The minimum Gasteiger partial charge on any atom is -0.329 e. The SMILES string of the molecule is O=C(c1nc(-c2ccccc2)n2c1CCCCC2)N1CCCC1c1cccs1. The first kappa shape index (κ1) is 17.7. The van der Waals surface area contributed by atoms with E-state index in [0.717, 1.165) is 62.3 Å². The molecule has 2 aliphatic rings. The molecular formula is C23H25N3OS. The topological polar surface area (TPSA) is 38.1 Å². The molecule has 3 aromatic rings. The van der Waals surface area contributed by atoms with E-state index in [1.165, 1.54) is 11.3 Å². The summed E-state index contributed by atoms with van der Waals surface area (Å²) in [5, 5.41) is 2.10. The van der Waals surface area contributed by atoms with Crippen molar-refractivity contribution in [2.75, 3.05) is 6.54 Å². The first-order chi connectivity index (χ1) is 13.8. The van der Waals surface area contributed by atoms with Gasteiger partial charge < -0.3 is 9.47 Å². The predicted octanol–water partition coefficient (Wildman–Crippen LogP) is 5.32. The quantitative estimate of drug-likeness (QED) is 0.606. The molecule has 1 amide bonds. The number of carbonyl (C=O) groups excluding carboxylic acids is 1. The van der Waals surface area contributed by atoms with E-state index >= 15 is 0 Å². The molecule has 2 aliphatic heterocycles. The first-order valence-corrected chi connectivity index (χ1v) is 11.2. The molecule has 4 nitrogen and oxygen atoms in total. The number of thiophene rings is 1. The fourth-order valence-corrected chi connectivity index (χ4v) is 5.49. The van der Waals surface area contributed by atoms with Gasteiger partial charge in [-0.15, -0.1) is 11.3 Å². The van der Waals surface area contributed by atoms with Gasteiger partial charge in [-0.3, -0.25) is 4.79 Å². The van der Waals surface area contributed by atoms with Gasteiger partial charge in [0.1, 0.15) is 11.5 Å². The molecule has 1 aromatic carbocycles. The lowest BCUT2D eigenvalue weighted by Crippen LogP contribution is -2.31. The Hall–Kier alpha value is -2.40. The second-order valence-corrected chi connectivity index (χ2v) is 8.71. The van der Waals surface area contributed by atoms with Crippen LogP contribution in [0, 0.1) is 0 Å². The third-order valence-electron chi connectivity index (χ3n) is 5.99. The molecule has 0 saturated carbocycles. The molecule has 1 fully saturated rings. The molecule has 5 heteroatoms. The van der Waals surface area contributed by atoms with Crippen LogP contribution < -0.4 is 0 Å². The first-order valence-electron chi connectivity index (χ1n) is 10.3. The van der Waals surface area contributed by atoms with Crippen molar-refractivity contribution < 1.29 is 4.79 Å². The Labute approximate surface area is 169 Å². The molecule has 4 heterocycles. The Balaban J connectivity index is 1.56. The molecule has 0 aliphatic carbocycles. The van der Waals surface area contributed by atoms with Crippen LogP contribution in [0.4, 0.5) is 0 Å². The van der Waals surface area contributed by atoms with Gasteiger partial charge in [-0.25, -0.2) is 4.98 Å². The van der Waals surface area contributed by atoms with Crippen molar-refractivity contribution in [1.82, 2.24) is 14.5 Å². The summed E-state index contributed by atoms with van der Waals surface area (Å²) < 4.78 is 2.31. The van der Waals surface area contributed by atoms with E-state index in [-0.39, 0.29) is 11.9 Å². The lowest BCUT2D eigenvalue weighted by Gasteiger charge is -2.23. The van der Waals surface area contributed by atoms with E-state index < -0.39 is 0 Å². The number of fused-ring (bicyclic) bond motifs is 1. The number of rotatable bonds is 3. The summed E-state index contributed by atoms with van der Waals surface area (Å²) in [6.45, 7) is 1.78. The summed E-state index contributed by atoms with van der Waals surface area (Å²) in [6.07, 6.45) is 6.56. The lowest BCUT2D eigenvalue weighted by atomic mass is 10.1. The molecule has 2 aromatic heterocycles. The van der Waals surface area contributed by atoms with Gasteiger partial charge in [0.25, 0.3) is 5.91 Å². The van der Waals surface area contributed by atoms with Crippen molar-refractivity contribution in [3.8, 4) is 11.4 Å². The molecule has 144 valence electrons. The molecule has 28 heavy (non-hydrogen) atoms. The molecule has 5 rings (SSSR count). The minimum atomic E-state index is 0.115. The number of hydrogen-bond donors (Lipinski definition) is 0. The second kappa shape index (κ2) is 7.55. The highest BCUT2D eigenvalue weighted by atomic mass is 32.1. The maximum absolute atomic E-state index is 13.6. The zero-order valence-electron chi connectivity index (χ0n) is 16.0. The van der Waals surface area contributed by atoms with Crippen LogP contribution in [0.15, 0.2) is 47.8 Å². The largest absolute Gasteiger partial charge is 0.329 e. The Kier molecular flexibility index (Phi) is 4.77. The summed E-state index contributed by atoms with van der Waals surface area (Å²) in [6, 6.07) is 14.7. The maximum atomic E-state index is 13.6. The summed E-state index contributed by atoms with van der Waals surface area (Å²) in [5.41, 5.74) is 2.92. The Morgan fingerprint density at radius 2 is 1.89 bits per heavy atom. The van der Waals surface area contributed by atoms with Crippen molar-refractivity contribution in [1.29, 1.82) is 0 Å². The Bertz CT molecular complexity index is 961. The zero-order chi connectivity index (χ0) is 18.9. The molecule has 1 unspecified atom stereocenters. The van der Waals surface area contributed by atoms with Gasteiger partial charge in [-0.05, 0) is 43.6 Å². The van der Waals surface area contributed by atoms with Crippen molar-refractivity contribution in [2.45, 2.75) is 51.1 Å². The van der Waals surface area contributed by atoms with E-state index in [4.69, 9.17) is 4.98 Å². The zero-order valence-corrected chi connectivity index (χ0v) is 16.8. The molecular weight excluding hydrogens is 366 g/mol. The number of imidazole rings is 1. The molecule has 1 saturated heterocycles. The highest BCUT2D eigenvalue weighted by Gasteiger charge is 2.34. The summed E-state index contributed by atoms with van der Waals surface area (Å²) >= 11 is 1.75. The van der Waals surface area contributed by atoms with Gasteiger partial charge in [0.15, 0.2) is 0 Å². The van der Waals surface area contributed by atoms with Crippen molar-refractivity contribution in [2.24, 2.45) is 0 Å². The van der Waals surface area contributed by atoms with Gasteiger partial charge in [0.05, 0.1) is 11.7 Å². The summed E-state index contributed by atoms with van der Waals surface area (Å²) in [4.78, 5) is 21.9. The van der Waals surface area contributed by atoms with Crippen LogP contribution in [0.1, 0.15) is 59.2 Å². The number of benzene rings is 1. The van der Waals surface area contributed by atoms with Crippen LogP contribution in [-0.2, 0) is 13.0 Å². The summed E-state index contributed by atoms with van der Waals surface area (Å²) in [5.74, 6) is 1.07. The highest BCUT2D eigenvalue weighted by Crippen LogP contribution is 2.36. The Morgan fingerprint density at radius 3 is 2.71 bits per heavy atom. The number of likely N-dealkylation sites (tertiary alicyclic amines) is 1. The minimum absolute atomic E-state index is 0.115. The van der Waals surface area contributed by atoms with Crippen LogP contribution in [0.3, 0.4) is 0 Å². The third-order valence-corrected chi connectivity index (χ3v) is 6.96. The molecule has 0 radical (unpaired) electrons. The fourth-order valence-electron chi connectivity index (χ4n) is 4.62. The van der Waals surface area contributed by atoms with Gasteiger partial charge in [-0.2, -0.15) is 0 Å². The smallest absolute Gasteiger partial charge is 0.274 e. The molecule has 0 spiro atoms. The average Bonchev–Trinajstić information content (AvgIpc) is 3.45. The number of amides is 1. The fraction of sp³-hybridized carbons (Fsp3) is 0.391. The lowest BCUT2D eigenvalue weighted by molar-refractivity contribution is 0.0731. The van der Waals surface area contributed by atoms with E-state index in [1.807, 2.05) is 18.2 Å². The highest BCUT2D eigenvalue weighted by molar-refractivity contribution is 7.10. The average molecular weight is 392 g/mol. The summed E-state index contributed by atoms with van der Waals surface area (Å²) in [7, 11) is 0. The second-order valence-electron chi connectivity index (χ2n) is 7.73. The van der Waals surface area contributed by atoms with Crippen LogP contribution >= 0.6 is 11.3 Å². The number of carbonyl (C=O) groups is 1. The van der Waals surface area contributed by atoms with Gasteiger partial charge >= 0.3 is 0 Å². The van der Waals surface area contributed by atoms with Crippen molar-refractivity contribution in [3.05, 3.63) is 64.1 Å². The molecule has 0 N–H and O–H groups in total. The van der Waals surface area contributed by atoms with Crippen LogP contribution in [0.25, 0.3) is 11.4 Å². The monoisotopic (exact) mass is 391 g/mol. The van der Waals surface area contributed by atoms with Crippen molar-refractivity contribution >= 4 is 17.2 Å². The number of hydrogen-bond acceptors (Lipinski definition) is 3. The van der Waals surface area contributed by atoms with E-state index in [1.54, 1.807) is 11.3 Å². The Morgan fingerprint density at radius 1 is 1.00 bits per heavy atom. The van der Waals surface area contributed by atoms with E-state index in [0.29, 0.717) is 5.69 Å². The van der Waals surface area contributed by atoms with Gasteiger partial charge in [-0.1, -0.05) is 42.8 Å². The normalized spacial score (nSPS) is 19.4. The van der Waals surface area contributed by atoms with Gasteiger partial charge in [0.2, 0.25) is 0 Å². The standard InChI is InChI=1S/C23H25N3OS/c27-23(26-15-7-12-18(26)20-13-8-16-28-20)21-19-11-5-2-6-14-25(19)22(24-21)17-9-3-1-4-10-17/h1,3-4,8-10,13,16,18H,2,5-7,11-12,14-15H2. The number of aromatic nitrogens is 2. The van der Waals surface area contributed by atoms with Crippen LogP contribution in [0.5, 0.6) is 0 Å². The van der Waals surface area contributed by atoms with E-state index in [9.17, 15) is 4.79 Å². The van der Waals surface area contributed by atoms with Crippen LogP contribution in [-0.4, -0.2) is 26.9 Å². The number of nitrogens with zero attached hydrogens (tertiary/aromatic N) is 3. The molecule has 0 bridgehead atoms. The van der Waals surface area contributed by atoms with Crippen molar-refractivity contribution in [3.63, 3.8) is 0 Å². The maximum Gasteiger partial charge on any atom is 0.274 e. The predicted molar refractivity (Wildman–Crippen MR) is 113 cm³/mol.